The van der Waals surface area contributed by atoms with E-state index in [1.807, 2.05) is 30.1 Å². The third-order valence-corrected chi connectivity index (χ3v) is 5.14. The van der Waals surface area contributed by atoms with Crippen molar-refractivity contribution in [2.75, 3.05) is 13.1 Å². The van der Waals surface area contributed by atoms with Crippen molar-refractivity contribution in [3.63, 3.8) is 0 Å². The zero-order chi connectivity index (χ0) is 18.6. The molecule has 0 spiro atoms. The summed E-state index contributed by atoms with van der Waals surface area (Å²) >= 11 is 0. The van der Waals surface area contributed by atoms with Crippen LogP contribution in [0.25, 0.3) is 11.3 Å². The fourth-order valence-corrected chi connectivity index (χ4v) is 3.62. The van der Waals surface area contributed by atoms with E-state index in [4.69, 9.17) is 0 Å². The highest BCUT2D eigenvalue weighted by atomic mass is 16.1. The second-order valence-corrected chi connectivity index (χ2v) is 7.26. The third kappa shape index (κ3) is 4.31. The summed E-state index contributed by atoms with van der Waals surface area (Å²) < 4.78 is 3.72. The molecule has 4 rings (SSSR count). The number of pyridine rings is 1. The lowest BCUT2D eigenvalue weighted by molar-refractivity contribution is 0.165. The molecular weight excluding hydrogens is 340 g/mol. The van der Waals surface area contributed by atoms with Crippen LogP contribution in [-0.2, 0) is 20.1 Å². The third-order valence-electron chi connectivity index (χ3n) is 5.14. The van der Waals surface area contributed by atoms with Crippen molar-refractivity contribution in [3.05, 3.63) is 65.5 Å². The number of hydrogen-bond donors (Lipinski definition) is 0. The SMILES string of the molecule is Cn1cnc(CN2CCC(Cn3cnc(-c4cccnc4)cc3=O)CC2)c1. The molecule has 27 heavy (non-hydrogen) atoms. The lowest BCUT2D eigenvalue weighted by Crippen LogP contribution is -2.36. The van der Waals surface area contributed by atoms with E-state index < -0.39 is 0 Å². The Bertz CT molecular complexity index is 940. The average molecular weight is 364 g/mol. The second-order valence-electron chi connectivity index (χ2n) is 7.26. The summed E-state index contributed by atoms with van der Waals surface area (Å²) in [6.45, 7) is 3.71. The molecule has 0 aliphatic carbocycles. The molecule has 0 atom stereocenters. The summed E-state index contributed by atoms with van der Waals surface area (Å²) in [7, 11) is 1.99. The minimum absolute atomic E-state index is 0.000215. The van der Waals surface area contributed by atoms with Crippen LogP contribution < -0.4 is 5.56 Å². The smallest absolute Gasteiger partial charge is 0.253 e. The van der Waals surface area contributed by atoms with Crippen LogP contribution in [-0.4, -0.2) is 42.1 Å². The van der Waals surface area contributed by atoms with Crippen molar-refractivity contribution in [1.82, 2.24) is 29.0 Å². The van der Waals surface area contributed by atoms with Gasteiger partial charge in [0.05, 0.1) is 24.0 Å². The van der Waals surface area contributed by atoms with Crippen LogP contribution in [0.3, 0.4) is 0 Å². The van der Waals surface area contributed by atoms with Crippen LogP contribution >= 0.6 is 0 Å². The van der Waals surface area contributed by atoms with Crippen molar-refractivity contribution in [1.29, 1.82) is 0 Å². The van der Waals surface area contributed by atoms with Gasteiger partial charge in [0.2, 0.25) is 0 Å². The van der Waals surface area contributed by atoms with E-state index in [0.29, 0.717) is 11.6 Å². The molecule has 1 aliphatic heterocycles. The fraction of sp³-hybridized carbons (Fsp3) is 0.400. The van der Waals surface area contributed by atoms with Crippen LogP contribution in [0.5, 0.6) is 0 Å². The number of aromatic nitrogens is 5. The monoisotopic (exact) mass is 364 g/mol. The highest BCUT2D eigenvalue weighted by Gasteiger charge is 2.20. The minimum atomic E-state index is -0.000215. The van der Waals surface area contributed by atoms with Gasteiger partial charge >= 0.3 is 0 Å². The quantitative estimate of drug-likeness (QED) is 0.692. The van der Waals surface area contributed by atoms with Crippen LogP contribution in [0.15, 0.2) is 54.2 Å². The van der Waals surface area contributed by atoms with E-state index in [2.05, 4.69) is 26.0 Å². The molecular formula is C20H24N6O. The van der Waals surface area contributed by atoms with Gasteiger partial charge < -0.3 is 4.57 Å². The fourth-order valence-electron chi connectivity index (χ4n) is 3.62. The summed E-state index contributed by atoms with van der Waals surface area (Å²) in [6.07, 6.45) is 11.2. The van der Waals surface area contributed by atoms with E-state index in [-0.39, 0.29) is 5.56 Å². The Kier molecular flexibility index (Phi) is 5.11. The normalized spacial score (nSPS) is 15.9. The van der Waals surface area contributed by atoms with Gasteiger partial charge in [-0.2, -0.15) is 0 Å². The molecule has 4 heterocycles. The minimum Gasteiger partial charge on any atom is -0.340 e. The largest absolute Gasteiger partial charge is 0.340 e. The topological polar surface area (TPSA) is 68.8 Å². The van der Waals surface area contributed by atoms with Crippen molar-refractivity contribution in [2.24, 2.45) is 13.0 Å². The predicted molar refractivity (Wildman–Crippen MR) is 103 cm³/mol. The van der Waals surface area contributed by atoms with Gasteiger partial charge in [-0.15, -0.1) is 0 Å². The summed E-state index contributed by atoms with van der Waals surface area (Å²) in [6, 6.07) is 5.37. The first kappa shape index (κ1) is 17.6. The molecule has 7 heteroatoms. The molecule has 0 radical (unpaired) electrons. The number of hydrogen-bond acceptors (Lipinski definition) is 5. The standard InChI is InChI=1S/C20H24N6O/c1-24-12-18(22-14-24)13-25-7-4-16(5-8-25)11-26-15-23-19(9-20(26)27)17-3-2-6-21-10-17/h2-3,6,9-10,12,14-16H,4-5,7-8,11,13H2,1H3. The number of nitrogens with zero attached hydrogens (tertiary/aromatic N) is 6. The van der Waals surface area contributed by atoms with Gasteiger partial charge in [-0.3, -0.25) is 19.2 Å². The summed E-state index contributed by atoms with van der Waals surface area (Å²) in [5.74, 6) is 0.508. The summed E-state index contributed by atoms with van der Waals surface area (Å²) in [4.78, 5) is 27.9. The van der Waals surface area contributed by atoms with Gasteiger partial charge in [-0.05, 0) is 44.0 Å². The first-order valence-electron chi connectivity index (χ1n) is 9.33. The van der Waals surface area contributed by atoms with Gasteiger partial charge in [-0.25, -0.2) is 9.97 Å². The predicted octanol–water partition coefficient (Wildman–Crippen LogP) is 1.95. The van der Waals surface area contributed by atoms with Gasteiger partial charge in [-0.1, -0.05) is 0 Å². The summed E-state index contributed by atoms with van der Waals surface area (Å²) in [5.41, 5.74) is 2.65. The molecule has 1 saturated heterocycles. The molecule has 1 fully saturated rings. The summed E-state index contributed by atoms with van der Waals surface area (Å²) in [5, 5.41) is 0. The zero-order valence-electron chi connectivity index (χ0n) is 15.5. The average Bonchev–Trinajstić information content (AvgIpc) is 3.10. The van der Waals surface area contributed by atoms with E-state index in [1.54, 1.807) is 29.4 Å². The lowest BCUT2D eigenvalue weighted by Gasteiger charge is -2.31. The molecule has 140 valence electrons. The molecule has 7 nitrogen and oxygen atoms in total. The Hall–Kier alpha value is -2.80. The molecule has 3 aromatic rings. The van der Waals surface area contributed by atoms with Crippen LogP contribution in [0.2, 0.25) is 0 Å². The first-order chi connectivity index (χ1) is 13.2. The maximum atomic E-state index is 12.5. The molecule has 0 N–H and O–H groups in total. The van der Waals surface area contributed by atoms with Gasteiger partial charge in [0, 0.05) is 50.4 Å². The van der Waals surface area contributed by atoms with E-state index in [0.717, 1.165) is 50.3 Å². The van der Waals surface area contributed by atoms with Gasteiger partial charge in [0.1, 0.15) is 0 Å². The number of imidazole rings is 1. The maximum absolute atomic E-state index is 12.5. The van der Waals surface area contributed by atoms with E-state index >= 15 is 0 Å². The van der Waals surface area contributed by atoms with Crippen molar-refractivity contribution in [2.45, 2.75) is 25.9 Å². The first-order valence-corrected chi connectivity index (χ1v) is 9.33. The van der Waals surface area contributed by atoms with Crippen LogP contribution in [0.4, 0.5) is 0 Å². The Morgan fingerprint density at radius 3 is 2.70 bits per heavy atom. The van der Waals surface area contributed by atoms with Crippen molar-refractivity contribution < 1.29 is 0 Å². The highest BCUT2D eigenvalue weighted by Crippen LogP contribution is 2.20. The van der Waals surface area contributed by atoms with Crippen molar-refractivity contribution >= 4 is 0 Å². The van der Waals surface area contributed by atoms with E-state index in [1.165, 1.54) is 0 Å². The Morgan fingerprint density at radius 1 is 1.19 bits per heavy atom. The van der Waals surface area contributed by atoms with Crippen molar-refractivity contribution in [3.8, 4) is 11.3 Å². The number of rotatable bonds is 5. The second kappa shape index (κ2) is 7.84. The molecule has 0 amide bonds. The molecule has 0 aromatic carbocycles. The van der Waals surface area contributed by atoms with Gasteiger partial charge in [0.15, 0.2) is 0 Å². The van der Waals surface area contributed by atoms with Crippen LogP contribution in [0, 0.1) is 5.92 Å². The molecule has 0 bridgehead atoms. The molecule has 0 saturated carbocycles. The van der Waals surface area contributed by atoms with Crippen LogP contribution in [0.1, 0.15) is 18.5 Å². The number of aryl methyl sites for hydroxylation is 1. The maximum Gasteiger partial charge on any atom is 0.253 e. The van der Waals surface area contributed by atoms with E-state index in [9.17, 15) is 4.79 Å². The molecule has 3 aromatic heterocycles. The Morgan fingerprint density at radius 2 is 2.04 bits per heavy atom. The van der Waals surface area contributed by atoms with Gasteiger partial charge in [0.25, 0.3) is 5.56 Å². The molecule has 0 unspecified atom stereocenters. The molecule has 1 aliphatic rings. The Balaban J connectivity index is 1.34. The number of piperidine rings is 1. The zero-order valence-corrected chi connectivity index (χ0v) is 15.5. The number of likely N-dealkylation sites (tertiary alicyclic amines) is 1. The lowest BCUT2D eigenvalue weighted by atomic mass is 9.96. The Labute approximate surface area is 158 Å². The highest BCUT2D eigenvalue weighted by molar-refractivity contribution is 5.56.